The van der Waals surface area contributed by atoms with Gasteiger partial charge < -0.3 is 9.73 Å². The van der Waals surface area contributed by atoms with Gasteiger partial charge in [-0.3, -0.25) is 0 Å². The third-order valence-electron chi connectivity index (χ3n) is 2.73. The minimum atomic E-state index is 0.304. The largest absolute Gasteiger partial charge is 0.465 e. The van der Waals surface area contributed by atoms with Gasteiger partial charge in [0.15, 0.2) is 0 Å². The van der Waals surface area contributed by atoms with E-state index in [1.165, 1.54) is 5.56 Å². The fraction of sp³-hybridized carbons (Fsp3) is 0.286. The fourth-order valence-corrected chi connectivity index (χ4v) is 2.14. The van der Waals surface area contributed by atoms with Crippen LogP contribution >= 0.6 is 15.9 Å². The van der Waals surface area contributed by atoms with E-state index in [1.54, 1.807) is 0 Å². The Morgan fingerprint density at radius 3 is 2.76 bits per heavy atom. The molecule has 1 aromatic heterocycles. The Kier molecular flexibility index (Phi) is 4.02. The summed E-state index contributed by atoms with van der Waals surface area (Å²) in [5.41, 5.74) is 1.27. The monoisotopic (exact) mass is 293 g/mol. The van der Waals surface area contributed by atoms with Gasteiger partial charge in [-0.25, -0.2) is 0 Å². The van der Waals surface area contributed by atoms with Crippen molar-refractivity contribution < 1.29 is 4.42 Å². The van der Waals surface area contributed by atoms with Gasteiger partial charge in [0, 0.05) is 10.5 Å². The van der Waals surface area contributed by atoms with Gasteiger partial charge in [0.05, 0.1) is 6.54 Å². The second-order valence-electron chi connectivity index (χ2n) is 4.17. The molecule has 0 spiro atoms. The van der Waals surface area contributed by atoms with Gasteiger partial charge in [-0.2, -0.15) is 0 Å². The Balaban J connectivity index is 1.95. The van der Waals surface area contributed by atoms with Crippen LogP contribution in [0.5, 0.6) is 0 Å². The lowest BCUT2D eigenvalue weighted by atomic mass is 10.1. The number of aryl methyl sites for hydroxylation is 1. The first kappa shape index (κ1) is 12.4. The van der Waals surface area contributed by atoms with Crippen molar-refractivity contribution in [1.29, 1.82) is 0 Å². The highest BCUT2D eigenvalue weighted by Gasteiger charge is 2.06. The molecule has 0 fully saturated rings. The molecular formula is C14H16BrNO. The Bertz CT molecular complexity index is 492. The van der Waals surface area contributed by atoms with Gasteiger partial charge in [0.1, 0.15) is 11.5 Å². The number of nitrogens with one attached hydrogen (secondary N) is 1. The van der Waals surface area contributed by atoms with Crippen molar-refractivity contribution in [2.24, 2.45) is 0 Å². The van der Waals surface area contributed by atoms with E-state index in [4.69, 9.17) is 4.42 Å². The lowest BCUT2D eigenvalue weighted by Crippen LogP contribution is -2.17. The second kappa shape index (κ2) is 5.52. The lowest BCUT2D eigenvalue weighted by molar-refractivity contribution is 0.444. The maximum Gasteiger partial charge on any atom is 0.117 e. The van der Waals surface area contributed by atoms with Crippen LogP contribution in [0, 0.1) is 6.92 Å². The molecule has 17 heavy (non-hydrogen) atoms. The first-order valence-corrected chi connectivity index (χ1v) is 6.48. The zero-order valence-corrected chi connectivity index (χ0v) is 11.6. The Morgan fingerprint density at radius 1 is 1.29 bits per heavy atom. The molecule has 0 bridgehead atoms. The van der Waals surface area contributed by atoms with Gasteiger partial charge in [-0.15, -0.1) is 0 Å². The minimum absolute atomic E-state index is 0.304. The second-order valence-corrected chi connectivity index (χ2v) is 5.09. The number of benzene rings is 1. The van der Waals surface area contributed by atoms with Crippen LogP contribution in [0.15, 0.2) is 45.3 Å². The normalized spacial score (nSPS) is 12.6. The van der Waals surface area contributed by atoms with E-state index in [0.717, 1.165) is 22.5 Å². The molecule has 3 heteroatoms. The minimum Gasteiger partial charge on any atom is -0.465 e. The summed E-state index contributed by atoms with van der Waals surface area (Å²) >= 11 is 3.48. The van der Waals surface area contributed by atoms with Gasteiger partial charge in [-0.05, 0) is 43.7 Å². The van der Waals surface area contributed by atoms with Gasteiger partial charge in [-0.1, -0.05) is 28.1 Å². The van der Waals surface area contributed by atoms with Crippen LogP contribution in [-0.2, 0) is 6.54 Å². The average Bonchev–Trinajstić information content (AvgIpc) is 2.72. The molecule has 0 saturated carbocycles. The summed E-state index contributed by atoms with van der Waals surface area (Å²) in [5.74, 6) is 1.93. The van der Waals surface area contributed by atoms with Gasteiger partial charge in [0.25, 0.3) is 0 Å². The maximum atomic E-state index is 5.52. The van der Waals surface area contributed by atoms with Crippen LogP contribution < -0.4 is 5.32 Å². The first-order valence-electron chi connectivity index (χ1n) is 5.69. The van der Waals surface area contributed by atoms with Crippen molar-refractivity contribution in [3.63, 3.8) is 0 Å². The van der Waals surface area contributed by atoms with E-state index in [1.807, 2.05) is 25.1 Å². The summed E-state index contributed by atoms with van der Waals surface area (Å²) in [7, 11) is 0. The highest BCUT2D eigenvalue weighted by Crippen LogP contribution is 2.18. The number of rotatable bonds is 4. The number of furan rings is 1. The van der Waals surface area contributed by atoms with E-state index in [0.29, 0.717) is 6.04 Å². The summed E-state index contributed by atoms with van der Waals surface area (Å²) < 4.78 is 6.63. The third-order valence-corrected chi connectivity index (χ3v) is 3.22. The van der Waals surface area contributed by atoms with Crippen LogP contribution in [0.4, 0.5) is 0 Å². The summed E-state index contributed by atoms with van der Waals surface area (Å²) in [6.07, 6.45) is 0. The standard InChI is InChI=1S/C14H16BrNO/c1-10-6-7-14(17-10)9-16-11(2)12-4-3-5-13(15)8-12/h3-8,11,16H,9H2,1-2H3/t11-/m1/s1. The molecular weight excluding hydrogens is 278 g/mol. The van der Waals surface area contributed by atoms with E-state index in [9.17, 15) is 0 Å². The predicted molar refractivity (Wildman–Crippen MR) is 72.8 cm³/mol. The molecule has 0 saturated heterocycles. The summed E-state index contributed by atoms with van der Waals surface area (Å²) in [4.78, 5) is 0. The molecule has 2 aromatic rings. The predicted octanol–water partition coefficient (Wildman–Crippen LogP) is 4.20. The van der Waals surface area contributed by atoms with Crippen LogP contribution in [0.1, 0.15) is 30.0 Å². The van der Waals surface area contributed by atoms with Crippen molar-refractivity contribution in [2.45, 2.75) is 26.4 Å². The topological polar surface area (TPSA) is 25.2 Å². The molecule has 0 radical (unpaired) electrons. The van der Waals surface area contributed by atoms with E-state index in [2.05, 4.69) is 46.4 Å². The molecule has 1 heterocycles. The third kappa shape index (κ3) is 3.45. The summed E-state index contributed by atoms with van der Waals surface area (Å²) in [5, 5.41) is 3.44. The molecule has 0 aliphatic carbocycles. The molecule has 1 aromatic carbocycles. The van der Waals surface area contributed by atoms with Gasteiger partial charge in [0.2, 0.25) is 0 Å². The van der Waals surface area contributed by atoms with Crippen LogP contribution in [0.25, 0.3) is 0 Å². The molecule has 1 N–H and O–H groups in total. The quantitative estimate of drug-likeness (QED) is 0.914. The first-order chi connectivity index (χ1) is 8.15. The van der Waals surface area contributed by atoms with Crippen LogP contribution in [-0.4, -0.2) is 0 Å². The number of hydrogen-bond donors (Lipinski definition) is 1. The lowest BCUT2D eigenvalue weighted by Gasteiger charge is -2.13. The molecule has 0 aliphatic rings. The van der Waals surface area contributed by atoms with Gasteiger partial charge >= 0.3 is 0 Å². The average molecular weight is 294 g/mol. The van der Waals surface area contributed by atoms with E-state index in [-0.39, 0.29) is 0 Å². The van der Waals surface area contributed by atoms with Crippen molar-refractivity contribution in [2.75, 3.05) is 0 Å². The number of hydrogen-bond acceptors (Lipinski definition) is 2. The van der Waals surface area contributed by atoms with Crippen molar-refractivity contribution in [3.05, 3.63) is 58.0 Å². The van der Waals surface area contributed by atoms with Crippen molar-refractivity contribution in [1.82, 2.24) is 5.32 Å². The van der Waals surface area contributed by atoms with E-state index >= 15 is 0 Å². The Morgan fingerprint density at radius 2 is 2.12 bits per heavy atom. The Hall–Kier alpha value is -1.06. The molecule has 0 amide bonds. The summed E-state index contributed by atoms with van der Waals surface area (Å²) in [6.45, 7) is 4.86. The highest BCUT2D eigenvalue weighted by molar-refractivity contribution is 9.10. The maximum absolute atomic E-state index is 5.52. The van der Waals surface area contributed by atoms with E-state index < -0.39 is 0 Å². The summed E-state index contributed by atoms with van der Waals surface area (Å²) in [6, 6.07) is 12.6. The number of halogens is 1. The van der Waals surface area contributed by atoms with Crippen molar-refractivity contribution in [3.8, 4) is 0 Å². The van der Waals surface area contributed by atoms with Crippen molar-refractivity contribution >= 4 is 15.9 Å². The van der Waals surface area contributed by atoms with Crippen LogP contribution in [0.3, 0.4) is 0 Å². The SMILES string of the molecule is Cc1ccc(CN[C@H](C)c2cccc(Br)c2)o1. The molecule has 2 rings (SSSR count). The molecule has 0 aliphatic heterocycles. The highest BCUT2D eigenvalue weighted by atomic mass is 79.9. The zero-order chi connectivity index (χ0) is 12.3. The smallest absolute Gasteiger partial charge is 0.117 e. The fourth-order valence-electron chi connectivity index (χ4n) is 1.73. The Labute approximate surface area is 110 Å². The molecule has 90 valence electrons. The van der Waals surface area contributed by atoms with Crippen LogP contribution in [0.2, 0.25) is 0 Å². The molecule has 2 nitrogen and oxygen atoms in total. The molecule has 1 atom stereocenters. The zero-order valence-electron chi connectivity index (χ0n) is 10.0. The molecule has 0 unspecified atom stereocenters.